The van der Waals surface area contributed by atoms with E-state index in [0.29, 0.717) is 11.5 Å². The van der Waals surface area contributed by atoms with E-state index < -0.39 is 0 Å². The number of rotatable bonds is 2. The number of anilines is 1. The molecule has 4 rings (SSSR count). The normalized spacial score (nSPS) is 14.3. The molecule has 0 unspecified atom stereocenters. The Kier molecular flexibility index (Phi) is 3.38. The first-order valence-corrected chi connectivity index (χ1v) is 8.84. The van der Waals surface area contributed by atoms with Gasteiger partial charge in [0.05, 0.1) is 12.2 Å². The Morgan fingerprint density at radius 2 is 2.18 bits per heavy atom. The minimum Gasteiger partial charge on any atom is -0.363 e. The van der Waals surface area contributed by atoms with Crippen molar-refractivity contribution in [2.45, 2.75) is 18.4 Å². The maximum Gasteiger partial charge on any atom is 0.275 e. The van der Waals surface area contributed by atoms with Crippen molar-refractivity contribution < 1.29 is 0 Å². The lowest BCUT2D eigenvalue weighted by atomic mass is 10.3. The fourth-order valence-corrected chi connectivity index (χ4v) is 4.59. The van der Waals surface area contributed by atoms with E-state index in [1.807, 2.05) is 18.7 Å². The lowest BCUT2D eigenvalue weighted by Gasteiger charge is -2.29. The van der Waals surface area contributed by atoms with Gasteiger partial charge in [-0.3, -0.25) is 4.79 Å². The van der Waals surface area contributed by atoms with Gasteiger partial charge >= 0.3 is 0 Å². The van der Waals surface area contributed by atoms with Gasteiger partial charge in [0.15, 0.2) is 0 Å². The molecule has 0 saturated heterocycles. The van der Waals surface area contributed by atoms with Gasteiger partial charge in [-0.15, -0.1) is 11.8 Å². The summed E-state index contributed by atoms with van der Waals surface area (Å²) in [6.07, 6.45) is 0. The number of benzene rings is 1. The van der Waals surface area contributed by atoms with Gasteiger partial charge in [-0.05, 0) is 19.1 Å². The van der Waals surface area contributed by atoms with Crippen molar-refractivity contribution in [3.05, 3.63) is 51.4 Å². The average molecular weight is 330 g/mol. The average Bonchev–Trinajstić information content (AvgIpc) is 2.90. The summed E-state index contributed by atoms with van der Waals surface area (Å²) in [4.78, 5) is 20.6. The predicted octanol–water partition coefficient (Wildman–Crippen LogP) is 2.57. The van der Waals surface area contributed by atoms with Crippen molar-refractivity contribution in [2.24, 2.45) is 0 Å². The Labute approximate surface area is 135 Å². The predicted molar refractivity (Wildman–Crippen MR) is 90.1 cm³/mol. The molecule has 0 fully saturated rings. The van der Waals surface area contributed by atoms with Crippen molar-refractivity contribution in [3.63, 3.8) is 0 Å². The van der Waals surface area contributed by atoms with Gasteiger partial charge in [0, 0.05) is 29.0 Å². The zero-order valence-corrected chi connectivity index (χ0v) is 13.7. The summed E-state index contributed by atoms with van der Waals surface area (Å²) in [5.41, 5.74) is 1.87. The molecule has 0 N–H and O–H groups in total. The number of thioether (sulfide) groups is 1. The summed E-state index contributed by atoms with van der Waals surface area (Å²) in [5, 5.41) is 5.35. The number of hydrogen-bond acceptors (Lipinski definition) is 6. The molecule has 112 valence electrons. The van der Waals surface area contributed by atoms with Crippen LogP contribution in [-0.4, -0.2) is 26.9 Å². The second kappa shape index (κ2) is 5.40. The standard InChI is InChI=1S/C15H14N4OS2/c1-10-8-14(20)19-15(16-10)22-13(17-19)9-18-6-7-21-12-5-3-2-4-11(12)18/h2-5,8H,6-7,9H2,1H3. The molecule has 1 aliphatic heterocycles. The Balaban J connectivity index is 1.70. The van der Waals surface area contributed by atoms with Crippen LogP contribution in [0.15, 0.2) is 40.0 Å². The highest BCUT2D eigenvalue weighted by atomic mass is 32.2. The SMILES string of the molecule is Cc1cc(=O)n2nc(CN3CCSc4ccccc43)sc2n1. The molecule has 0 atom stereocenters. The van der Waals surface area contributed by atoms with Crippen LogP contribution >= 0.6 is 23.1 Å². The third-order valence-corrected chi connectivity index (χ3v) is 5.50. The quantitative estimate of drug-likeness (QED) is 0.723. The van der Waals surface area contributed by atoms with Gasteiger partial charge < -0.3 is 4.90 Å². The maximum atomic E-state index is 12.0. The van der Waals surface area contributed by atoms with Crippen molar-refractivity contribution in [1.29, 1.82) is 0 Å². The molecule has 3 heterocycles. The van der Waals surface area contributed by atoms with Crippen molar-refractivity contribution in [3.8, 4) is 0 Å². The van der Waals surface area contributed by atoms with Gasteiger partial charge in [0.1, 0.15) is 5.01 Å². The fourth-order valence-electron chi connectivity index (χ4n) is 2.58. The number of hydrogen-bond donors (Lipinski definition) is 0. The molecule has 7 heteroatoms. The Morgan fingerprint density at radius 1 is 1.32 bits per heavy atom. The number of aromatic nitrogens is 3. The summed E-state index contributed by atoms with van der Waals surface area (Å²) in [6.45, 7) is 3.53. The van der Waals surface area contributed by atoms with Gasteiger partial charge in [-0.1, -0.05) is 23.5 Å². The lowest BCUT2D eigenvalue weighted by molar-refractivity contribution is 0.777. The van der Waals surface area contributed by atoms with Gasteiger partial charge in [0.25, 0.3) is 5.56 Å². The summed E-state index contributed by atoms with van der Waals surface area (Å²) in [5.74, 6) is 1.07. The van der Waals surface area contributed by atoms with Crippen molar-refractivity contribution in [1.82, 2.24) is 14.6 Å². The molecular weight excluding hydrogens is 316 g/mol. The first-order valence-electron chi connectivity index (χ1n) is 7.04. The van der Waals surface area contributed by atoms with Crippen LogP contribution in [0.25, 0.3) is 4.96 Å². The third kappa shape index (κ3) is 2.40. The van der Waals surface area contributed by atoms with E-state index in [2.05, 4.69) is 39.2 Å². The Morgan fingerprint density at radius 3 is 3.09 bits per heavy atom. The van der Waals surface area contributed by atoms with E-state index >= 15 is 0 Å². The zero-order valence-electron chi connectivity index (χ0n) is 12.0. The van der Waals surface area contributed by atoms with Gasteiger partial charge in [0.2, 0.25) is 4.96 Å². The van der Waals surface area contributed by atoms with Crippen LogP contribution in [0.1, 0.15) is 10.7 Å². The summed E-state index contributed by atoms with van der Waals surface area (Å²) in [6, 6.07) is 9.94. The van der Waals surface area contributed by atoms with Crippen LogP contribution < -0.4 is 10.5 Å². The van der Waals surface area contributed by atoms with E-state index in [0.717, 1.165) is 23.0 Å². The Bertz CT molecular complexity index is 902. The van der Waals surface area contributed by atoms with Gasteiger partial charge in [-0.2, -0.15) is 9.61 Å². The molecule has 22 heavy (non-hydrogen) atoms. The first kappa shape index (κ1) is 13.8. The highest BCUT2D eigenvalue weighted by Crippen LogP contribution is 2.35. The molecule has 1 aliphatic rings. The van der Waals surface area contributed by atoms with Crippen LogP contribution in [0.3, 0.4) is 0 Å². The monoisotopic (exact) mass is 330 g/mol. The second-order valence-electron chi connectivity index (χ2n) is 5.16. The molecule has 0 amide bonds. The molecule has 0 radical (unpaired) electrons. The van der Waals surface area contributed by atoms with Crippen LogP contribution in [0, 0.1) is 6.92 Å². The number of para-hydroxylation sites is 1. The van der Waals surface area contributed by atoms with E-state index in [9.17, 15) is 4.79 Å². The number of aryl methyl sites for hydroxylation is 1. The summed E-state index contributed by atoms with van der Waals surface area (Å²) >= 11 is 3.37. The molecule has 0 spiro atoms. The van der Waals surface area contributed by atoms with Crippen molar-refractivity contribution >= 4 is 33.7 Å². The molecule has 5 nitrogen and oxygen atoms in total. The number of fused-ring (bicyclic) bond motifs is 2. The molecular formula is C15H14N4OS2. The van der Waals surface area contributed by atoms with Crippen LogP contribution in [0.2, 0.25) is 0 Å². The largest absolute Gasteiger partial charge is 0.363 e. The summed E-state index contributed by atoms with van der Waals surface area (Å²) in [7, 11) is 0. The highest BCUT2D eigenvalue weighted by molar-refractivity contribution is 7.99. The third-order valence-electron chi connectivity index (χ3n) is 3.57. The first-order chi connectivity index (χ1) is 10.7. The molecule has 1 aromatic carbocycles. The smallest absolute Gasteiger partial charge is 0.275 e. The maximum absolute atomic E-state index is 12.0. The molecule has 0 bridgehead atoms. The fraction of sp³-hybridized carbons (Fsp3) is 0.267. The van der Waals surface area contributed by atoms with E-state index in [4.69, 9.17) is 0 Å². The van der Waals surface area contributed by atoms with Crippen molar-refractivity contribution in [2.75, 3.05) is 17.2 Å². The molecule has 0 saturated carbocycles. The van der Waals surface area contributed by atoms with E-state index in [1.54, 1.807) is 0 Å². The van der Waals surface area contributed by atoms with Crippen LogP contribution in [0.4, 0.5) is 5.69 Å². The van der Waals surface area contributed by atoms with E-state index in [-0.39, 0.29) is 5.56 Å². The minimum absolute atomic E-state index is 0.111. The second-order valence-corrected chi connectivity index (χ2v) is 7.34. The minimum atomic E-state index is -0.111. The lowest BCUT2D eigenvalue weighted by Crippen LogP contribution is -2.28. The summed E-state index contributed by atoms with van der Waals surface area (Å²) < 4.78 is 1.40. The topological polar surface area (TPSA) is 50.5 Å². The highest BCUT2D eigenvalue weighted by Gasteiger charge is 2.19. The molecule has 3 aromatic rings. The number of nitrogens with zero attached hydrogens (tertiary/aromatic N) is 4. The van der Waals surface area contributed by atoms with E-state index in [1.165, 1.54) is 32.5 Å². The molecule has 0 aliphatic carbocycles. The zero-order chi connectivity index (χ0) is 15.1. The van der Waals surface area contributed by atoms with Gasteiger partial charge in [-0.25, -0.2) is 4.98 Å². The van der Waals surface area contributed by atoms with Crippen LogP contribution in [0.5, 0.6) is 0 Å². The molecule has 2 aromatic heterocycles. The Hall–Kier alpha value is -1.86. The van der Waals surface area contributed by atoms with Crippen LogP contribution in [-0.2, 0) is 6.54 Å².